The summed E-state index contributed by atoms with van der Waals surface area (Å²) in [4.78, 5) is 3.98. The van der Waals surface area contributed by atoms with Crippen LogP contribution in [0.2, 0.25) is 0 Å². The van der Waals surface area contributed by atoms with Gasteiger partial charge in [-0.05, 0) is 35.4 Å². The molecule has 0 aliphatic heterocycles. The third-order valence-electron chi connectivity index (χ3n) is 3.87. The van der Waals surface area contributed by atoms with Crippen molar-refractivity contribution in [3.8, 4) is 5.75 Å². The molecule has 2 aromatic carbocycles. The van der Waals surface area contributed by atoms with Gasteiger partial charge in [0.1, 0.15) is 18.2 Å². The van der Waals surface area contributed by atoms with Crippen molar-refractivity contribution in [1.29, 1.82) is 0 Å². The van der Waals surface area contributed by atoms with Gasteiger partial charge in [0.2, 0.25) is 0 Å². The number of hydrogen-bond acceptors (Lipinski definition) is 6. The number of nitrogens with zero attached hydrogens (tertiary/aromatic N) is 3. The van der Waals surface area contributed by atoms with E-state index in [-0.39, 0.29) is 5.84 Å². The van der Waals surface area contributed by atoms with E-state index in [1.807, 2.05) is 54.6 Å². The summed E-state index contributed by atoms with van der Waals surface area (Å²) in [5.74, 6) is 7.26. The molecule has 27 heavy (non-hydrogen) atoms. The molecule has 6 N–H and O–H groups in total. The second-order valence-electron chi connectivity index (χ2n) is 5.94. The van der Waals surface area contributed by atoms with Gasteiger partial charge in [-0.3, -0.25) is 0 Å². The van der Waals surface area contributed by atoms with Crippen LogP contribution >= 0.6 is 0 Å². The quantitative estimate of drug-likeness (QED) is 0.257. The second kappa shape index (κ2) is 8.68. The van der Waals surface area contributed by atoms with Crippen LogP contribution in [0.4, 0.5) is 5.82 Å². The maximum atomic E-state index is 5.96. The van der Waals surface area contributed by atoms with Gasteiger partial charge in [-0.25, -0.2) is 15.9 Å². The summed E-state index contributed by atoms with van der Waals surface area (Å²) in [6.07, 6.45) is 1.59. The fraction of sp³-hybridized carbons (Fsp3) is 0.100. The highest BCUT2D eigenvalue weighted by Gasteiger charge is 2.06. The minimum atomic E-state index is 0.214. The zero-order chi connectivity index (χ0) is 19.1. The Morgan fingerprint density at radius 1 is 0.963 bits per heavy atom. The lowest BCUT2D eigenvalue weighted by Crippen LogP contribution is -2.29. The molecule has 0 amide bonds. The van der Waals surface area contributed by atoms with Gasteiger partial charge in [-0.1, -0.05) is 42.5 Å². The third-order valence-corrected chi connectivity index (χ3v) is 3.87. The van der Waals surface area contributed by atoms with Crippen molar-refractivity contribution >= 4 is 11.7 Å². The molecule has 0 aliphatic rings. The van der Waals surface area contributed by atoms with Crippen molar-refractivity contribution in [2.75, 3.05) is 5.73 Å². The fourth-order valence-electron chi connectivity index (χ4n) is 2.48. The lowest BCUT2D eigenvalue weighted by atomic mass is 10.2. The number of anilines is 1. The van der Waals surface area contributed by atoms with Gasteiger partial charge in [0, 0.05) is 6.20 Å². The first-order valence-corrected chi connectivity index (χ1v) is 8.44. The first-order valence-electron chi connectivity index (χ1n) is 8.44. The third kappa shape index (κ3) is 5.20. The standard InChI is InChI=1S/C20H22N6O/c21-19-18(7-4-12-24-19)20(22)25-26(23)13-15-8-10-17(11-9-15)27-14-16-5-2-1-3-6-16/h1-12H,13-14,23H2,(H2,21,24)(H2,22,25). The molecule has 0 unspecified atom stereocenters. The zero-order valence-electron chi connectivity index (χ0n) is 14.8. The number of nitrogen functional groups attached to an aromatic ring is 1. The molecule has 0 radical (unpaired) electrons. The van der Waals surface area contributed by atoms with Gasteiger partial charge in [-0.15, -0.1) is 5.10 Å². The van der Waals surface area contributed by atoms with E-state index in [2.05, 4.69) is 10.1 Å². The maximum absolute atomic E-state index is 5.96. The molecule has 7 nitrogen and oxygen atoms in total. The van der Waals surface area contributed by atoms with Gasteiger partial charge >= 0.3 is 0 Å². The Morgan fingerprint density at radius 2 is 1.70 bits per heavy atom. The van der Waals surface area contributed by atoms with Gasteiger partial charge in [0.25, 0.3) is 0 Å². The summed E-state index contributed by atoms with van der Waals surface area (Å²) in [7, 11) is 0. The van der Waals surface area contributed by atoms with Gasteiger partial charge in [0.15, 0.2) is 5.84 Å². The molecule has 138 valence electrons. The Bertz CT molecular complexity index is 896. The number of rotatable bonds is 7. The lowest BCUT2D eigenvalue weighted by molar-refractivity contribution is 0.289. The van der Waals surface area contributed by atoms with E-state index in [0.717, 1.165) is 16.9 Å². The minimum absolute atomic E-state index is 0.214. The summed E-state index contributed by atoms with van der Waals surface area (Å²) in [6, 6.07) is 21.2. The monoisotopic (exact) mass is 362 g/mol. The lowest BCUT2D eigenvalue weighted by Gasteiger charge is -2.14. The Hall–Kier alpha value is -3.58. The molecule has 1 aromatic heterocycles. The normalized spacial score (nSPS) is 11.2. The molecule has 7 heteroatoms. The summed E-state index contributed by atoms with van der Waals surface area (Å²) in [5.41, 5.74) is 14.4. The van der Waals surface area contributed by atoms with Crippen molar-refractivity contribution < 1.29 is 4.74 Å². The minimum Gasteiger partial charge on any atom is -0.489 e. The number of aromatic nitrogens is 1. The average Bonchev–Trinajstić information content (AvgIpc) is 2.68. The van der Waals surface area contributed by atoms with Crippen LogP contribution in [0, 0.1) is 0 Å². The van der Waals surface area contributed by atoms with Crippen molar-refractivity contribution in [2.24, 2.45) is 16.7 Å². The number of ether oxygens (including phenoxy) is 1. The van der Waals surface area contributed by atoms with Crippen LogP contribution in [0.15, 0.2) is 78.0 Å². The molecule has 0 aliphatic carbocycles. The number of hydrazine groups is 1. The summed E-state index contributed by atoms with van der Waals surface area (Å²) in [5, 5.41) is 5.42. The SMILES string of the molecule is N/C(=N\N(N)Cc1ccc(OCc2ccccc2)cc1)c1cccnc1N. The van der Waals surface area contributed by atoms with E-state index in [1.54, 1.807) is 18.3 Å². The van der Waals surface area contributed by atoms with Gasteiger partial charge in [-0.2, -0.15) is 0 Å². The van der Waals surface area contributed by atoms with Crippen LogP contribution in [0.3, 0.4) is 0 Å². The molecular weight excluding hydrogens is 340 g/mol. The molecule has 0 spiro atoms. The number of benzene rings is 2. The van der Waals surface area contributed by atoms with Crippen LogP contribution in [-0.4, -0.2) is 15.9 Å². The van der Waals surface area contributed by atoms with Crippen molar-refractivity contribution in [3.05, 3.63) is 89.6 Å². The van der Waals surface area contributed by atoms with Crippen molar-refractivity contribution in [2.45, 2.75) is 13.2 Å². The van der Waals surface area contributed by atoms with Gasteiger partial charge in [0.05, 0.1) is 12.1 Å². The number of hydrazone groups is 1. The van der Waals surface area contributed by atoms with E-state index in [9.17, 15) is 0 Å². The molecule has 0 saturated heterocycles. The first kappa shape index (κ1) is 18.2. The molecule has 1 heterocycles. The Labute approximate surface area is 158 Å². The molecule has 0 bridgehead atoms. The summed E-state index contributed by atoms with van der Waals surface area (Å²) in [6.45, 7) is 0.913. The highest BCUT2D eigenvalue weighted by molar-refractivity contribution is 6.00. The Morgan fingerprint density at radius 3 is 2.41 bits per heavy atom. The average molecular weight is 362 g/mol. The van der Waals surface area contributed by atoms with Crippen LogP contribution in [-0.2, 0) is 13.2 Å². The number of hydrogen-bond donors (Lipinski definition) is 3. The van der Waals surface area contributed by atoms with E-state index in [0.29, 0.717) is 24.5 Å². The fourth-order valence-corrected chi connectivity index (χ4v) is 2.48. The summed E-state index contributed by atoms with van der Waals surface area (Å²) >= 11 is 0. The van der Waals surface area contributed by atoms with Crippen LogP contribution in [0.5, 0.6) is 5.75 Å². The molecule has 0 fully saturated rings. The molecule has 0 saturated carbocycles. The number of amidine groups is 1. The van der Waals surface area contributed by atoms with Crippen molar-refractivity contribution in [3.63, 3.8) is 0 Å². The molecule has 0 atom stereocenters. The van der Waals surface area contributed by atoms with E-state index >= 15 is 0 Å². The Kier molecular flexibility index (Phi) is 5.86. The topological polar surface area (TPSA) is 116 Å². The first-order chi connectivity index (χ1) is 13.1. The molecule has 3 rings (SSSR count). The number of nitrogens with two attached hydrogens (primary N) is 3. The van der Waals surface area contributed by atoms with E-state index in [4.69, 9.17) is 22.0 Å². The van der Waals surface area contributed by atoms with Crippen LogP contribution < -0.4 is 22.0 Å². The summed E-state index contributed by atoms with van der Waals surface area (Å²) < 4.78 is 5.77. The van der Waals surface area contributed by atoms with Gasteiger partial charge < -0.3 is 16.2 Å². The van der Waals surface area contributed by atoms with Crippen molar-refractivity contribution in [1.82, 2.24) is 10.1 Å². The van der Waals surface area contributed by atoms with E-state index in [1.165, 1.54) is 5.12 Å². The molecular formula is C20H22N6O. The van der Waals surface area contributed by atoms with Crippen LogP contribution in [0.1, 0.15) is 16.7 Å². The highest BCUT2D eigenvalue weighted by Crippen LogP contribution is 2.15. The number of pyridine rings is 1. The largest absolute Gasteiger partial charge is 0.489 e. The highest BCUT2D eigenvalue weighted by atomic mass is 16.5. The second-order valence-corrected chi connectivity index (χ2v) is 5.94. The smallest absolute Gasteiger partial charge is 0.156 e. The van der Waals surface area contributed by atoms with Crippen LogP contribution in [0.25, 0.3) is 0 Å². The maximum Gasteiger partial charge on any atom is 0.156 e. The Balaban J connectivity index is 1.57. The zero-order valence-corrected chi connectivity index (χ0v) is 14.8. The predicted octanol–water partition coefficient (Wildman–Crippen LogP) is 2.24. The predicted molar refractivity (Wildman–Crippen MR) is 106 cm³/mol. The molecule has 3 aromatic rings. The van der Waals surface area contributed by atoms with E-state index < -0.39 is 0 Å².